The molecule has 1 saturated heterocycles. The Balaban J connectivity index is 2.53. The van der Waals surface area contributed by atoms with Crippen molar-refractivity contribution in [2.24, 2.45) is 0 Å². The lowest BCUT2D eigenvalue weighted by molar-refractivity contribution is 0.495. The summed E-state index contributed by atoms with van der Waals surface area (Å²) in [6.07, 6.45) is 0. The van der Waals surface area contributed by atoms with Crippen molar-refractivity contribution in [1.82, 2.24) is 5.32 Å². The zero-order chi connectivity index (χ0) is 11.1. The SMILES string of the molecule is O=S(=O)(c1c(Cl)cccc1Cl)C1CNC1. The third-order valence-corrected chi connectivity index (χ3v) is 5.46. The third-order valence-electron chi connectivity index (χ3n) is 2.39. The molecule has 0 unspecified atom stereocenters. The van der Waals surface area contributed by atoms with Gasteiger partial charge in [-0.3, -0.25) is 0 Å². The number of halogens is 2. The van der Waals surface area contributed by atoms with Crippen LogP contribution in [0.3, 0.4) is 0 Å². The fourth-order valence-corrected chi connectivity index (χ4v) is 4.13. The van der Waals surface area contributed by atoms with Gasteiger partial charge in [-0.2, -0.15) is 0 Å². The van der Waals surface area contributed by atoms with E-state index in [1.54, 1.807) is 6.07 Å². The maximum absolute atomic E-state index is 12.0. The Kier molecular flexibility index (Phi) is 2.94. The summed E-state index contributed by atoms with van der Waals surface area (Å²) in [5.74, 6) is 0. The van der Waals surface area contributed by atoms with E-state index in [1.165, 1.54) is 12.1 Å². The van der Waals surface area contributed by atoms with Crippen LogP contribution in [-0.4, -0.2) is 26.8 Å². The van der Waals surface area contributed by atoms with Gasteiger partial charge in [0.05, 0.1) is 15.3 Å². The Morgan fingerprint density at radius 2 is 1.73 bits per heavy atom. The minimum atomic E-state index is -3.39. The molecule has 0 aliphatic carbocycles. The van der Waals surface area contributed by atoms with Crippen LogP contribution >= 0.6 is 23.2 Å². The standard InChI is InChI=1S/C9H9Cl2NO2S/c10-7-2-1-3-8(11)9(7)15(13,14)6-4-12-5-6/h1-3,6,12H,4-5H2. The molecule has 0 amide bonds. The first-order chi connectivity index (χ1) is 7.03. The van der Waals surface area contributed by atoms with E-state index in [1.807, 2.05) is 0 Å². The monoisotopic (exact) mass is 265 g/mol. The smallest absolute Gasteiger partial charge is 0.186 e. The molecule has 0 bridgehead atoms. The highest BCUT2D eigenvalue weighted by atomic mass is 35.5. The van der Waals surface area contributed by atoms with Gasteiger partial charge in [-0.15, -0.1) is 0 Å². The van der Waals surface area contributed by atoms with E-state index in [0.717, 1.165) is 0 Å². The van der Waals surface area contributed by atoms with E-state index in [-0.39, 0.29) is 14.9 Å². The average Bonchev–Trinajstić information content (AvgIpc) is 1.97. The minimum Gasteiger partial charge on any atom is -0.314 e. The van der Waals surface area contributed by atoms with Crippen molar-refractivity contribution in [3.8, 4) is 0 Å². The van der Waals surface area contributed by atoms with Crippen LogP contribution in [0.4, 0.5) is 0 Å². The summed E-state index contributed by atoms with van der Waals surface area (Å²) in [5.41, 5.74) is 0. The molecule has 0 saturated carbocycles. The summed E-state index contributed by atoms with van der Waals surface area (Å²) in [6.45, 7) is 0.924. The van der Waals surface area contributed by atoms with E-state index in [2.05, 4.69) is 5.32 Å². The molecule has 82 valence electrons. The van der Waals surface area contributed by atoms with Gasteiger partial charge in [0.25, 0.3) is 0 Å². The van der Waals surface area contributed by atoms with Crippen LogP contribution in [0.1, 0.15) is 0 Å². The van der Waals surface area contributed by atoms with Gasteiger partial charge in [-0.25, -0.2) is 8.42 Å². The second-order valence-electron chi connectivity index (χ2n) is 3.38. The topological polar surface area (TPSA) is 46.2 Å². The number of benzene rings is 1. The normalized spacial score (nSPS) is 17.5. The first-order valence-corrected chi connectivity index (χ1v) is 6.72. The van der Waals surface area contributed by atoms with Gasteiger partial charge in [-0.05, 0) is 12.1 Å². The summed E-state index contributed by atoms with van der Waals surface area (Å²) in [4.78, 5) is 0.0554. The molecule has 0 aromatic heterocycles. The molecule has 6 heteroatoms. The molecule has 1 aliphatic heterocycles. The van der Waals surface area contributed by atoms with Gasteiger partial charge in [0.1, 0.15) is 4.90 Å². The molecule has 1 aliphatic rings. The van der Waals surface area contributed by atoms with Gasteiger partial charge < -0.3 is 5.32 Å². The summed E-state index contributed by atoms with van der Waals surface area (Å²) >= 11 is 11.7. The lowest BCUT2D eigenvalue weighted by atomic mass is 10.3. The number of nitrogens with one attached hydrogen (secondary N) is 1. The highest BCUT2D eigenvalue weighted by Crippen LogP contribution is 2.32. The van der Waals surface area contributed by atoms with Crippen LogP contribution in [0.15, 0.2) is 23.1 Å². The van der Waals surface area contributed by atoms with Crippen molar-refractivity contribution in [1.29, 1.82) is 0 Å². The summed E-state index contributed by atoms with van der Waals surface area (Å²) < 4.78 is 24.1. The largest absolute Gasteiger partial charge is 0.314 e. The van der Waals surface area contributed by atoms with Crippen molar-refractivity contribution in [3.05, 3.63) is 28.2 Å². The van der Waals surface area contributed by atoms with Crippen molar-refractivity contribution < 1.29 is 8.42 Å². The lowest BCUT2D eigenvalue weighted by Gasteiger charge is -2.27. The Labute approximate surface area is 98.3 Å². The molecule has 1 aromatic carbocycles. The second kappa shape index (κ2) is 3.94. The fraction of sp³-hybridized carbons (Fsp3) is 0.333. The Bertz CT molecular complexity index is 463. The van der Waals surface area contributed by atoms with Crippen LogP contribution < -0.4 is 5.32 Å². The van der Waals surface area contributed by atoms with E-state index < -0.39 is 15.1 Å². The van der Waals surface area contributed by atoms with E-state index in [4.69, 9.17) is 23.2 Å². The number of sulfone groups is 1. The molecule has 3 nitrogen and oxygen atoms in total. The van der Waals surface area contributed by atoms with Gasteiger partial charge >= 0.3 is 0 Å². The van der Waals surface area contributed by atoms with Crippen molar-refractivity contribution in [3.63, 3.8) is 0 Å². The van der Waals surface area contributed by atoms with E-state index in [0.29, 0.717) is 13.1 Å². The molecule has 0 radical (unpaired) electrons. The lowest BCUT2D eigenvalue weighted by Crippen LogP contribution is -2.51. The molecule has 2 rings (SSSR count). The molecular weight excluding hydrogens is 257 g/mol. The fourth-order valence-electron chi connectivity index (χ4n) is 1.40. The highest BCUT2D eigenvalue weighted by Gasteiger charge is 2.35. The summed E-state index contributed by atoms with van der Waals surface area (Å²) in [7, 11) is -3.39. The molecular formula is C9H9Cl2NO2S. The maximum atomic E-state index is 12.0. The molecule has 15 heavy (non-hydrogen) atoms. The van der Waals surface area contributed by atoms with Gasteiger partial charge in [-0.1, -0.05) is 29.3 Å². The summed E-state index contributed by atoms with van der Waals surface area (Å²) in [6, 6.07) is 4.70. The first-order valence-electron chi connectivity index (χ1n) is 4.42. The molecule has 1 aromatic rings. The second-order valence-corrected chi connectivity index (χ2v) is 6.36. The number of hydrogen-bond donors (Lipinski definition) is 1. The van der Waals surface area contributed by atoms with Crippen LogP contribution in [0, 0.1) is 0 Å². The number of hydrogen-bond acceptors (Lipinski definition) is 3. The van der Waals surface area contributed by atoms with Gasteiger partial charge in [0, 0.05) is 13.1 Å². The third kappa shape index (κ3) is 1.87. The van der Waals surface area contributed by atoms with E-state index in [9.17, 15) is 8.42 Å². The van der Waals surface area contributed by atoms with Crippen molar-refractivity contribution >= 4 is 33.0 Å². The molecule has 1 heterocycles. The Morgan fingerprint density at radius 1 is 1.20 bits per heavy atom. The molecule has 0 spiro atoms. The zero-order valence-corrected chi connectivity index (χ0v) is 10.0. The van der Waals surface area contributed by atoms with Crippen LogP contribution in [0.5, 0.6) is 0 Å². The Hall–Kier alpha value is -0.290. The number of rotatable bonds is 2. The molecule has 0 atom stereocenters. The maximum Gasteiger partial charge on any atom is 0.186 e. The molecule has 1 fully saturated rings. The van der Waals surface area contributed by atoms with Crippen LogP contribution in [0.25, 0.3) is 0 Å². The zero-order valence-electron chi connectivity index (χ0n) is 7.70. The van der Waals surface area contributed by atoms with Crippen molar-refractivity contribution in [2.45, 2.75) is 10.1 Å². The Morgan fingerprint density at radius 3 is 2.13 bits per heavy atom. The van der Waals surface area contributed by atoms with Crippen LogP contribution in [-0.2, 0) is 9.84 Å². The average molecular weight is 266 g/mol. The van der Waals surface area contributed by atoms with Gasteiger partial charge in [0.2, 0.25) is 0 Å². The molecule has 1 N–H and O–H groups in total. The van der Waals surface area contributed by atoms with Gasteiger partial charge in [0.15, 0.2) is 9.84 Å². The first kappa shape index (κ1) is 11.2. The van der Waals surface area contributed by atoms with Crippen LogP contribution in [0.2, 0.25) is 10.0 Å². The minimum absolute atomic E-state index is 0.0554. The quantitative estimate of drug-likeness (QED) is 0.886. The van der Waals surface area contributed by atoms with Crippen molar-refractivity contribution in [2.75, 3.05) is 13.1 Å². The predicted octanol–water partition coefficient (Wildman–Crippen LogP) is 1.74. The summed E-state index contributed by atoms with van der Waals surface area (Å²) in [5, 5.41) is 2.88. The predicted molar refractivity (Wildman–Crippen MR) is 60.3 cm³/mol. The highest BCUT2D eigenvalue weighted by molar-refractivity contribution is 7.92. The van der Waals surface area contributed by atoms with E-state index >= 15 is 0 Å².